The predicted octanol–water partition coefficient (Wildman–Crippen LogP) is 3.44. The van der Waals surface area contributed by atoms with Crippen LogP contribution in [-0.4, -0.2) is 21.8 Å². The third kappa shape index (κ3) is 3.08. The molecule has 3 rings (SSSR count). The largest absolute Gasteiger partial charge is 0.446 e. The average Bonchev–Trinajstić information content (AvgIpc) is 3.01. The molecule has 1 amide bonds. The molecule has 1 aliphatic rings. The third-order valence-corrected chi connectivity index (χ3v) is 3.76. The molecule has 118 valence electrons. The molecule has 0 saturated heterocycles. The number of hydrogen-bond acceptors (Lipinski definition) is 4. The van der Waals surface area contributed by atoms with Gasteiger partial charge in [0.2, 0.25) is 18.0 Å². The number of carbonyl (C=O) groups excluding carboxylic acids is 1. The third-order valence-electron chi connectivity index (χ3n) is 3.76. The Morgan fingerprint density at radius 3 is 2.52 bits per heavy atom. The summed E-state index contributed by atoms with van der Waals surface area (Å²) in [5.74, 6) is 0.702. The number of hydrogen-bond donors (Lipinski definition) is 0. The van der Waals surface area contributed by atoms with Crippen molar-refractivity contribution in [2.75, 3.05) is 0 Å². The van der Waals surface area contributed by atoms with Crippen molar-refractivity contribution in [3.63, 3.8) is 0 Å². The topological polar surface area (TPSA) is 54.8 Å². The molecule has 0 unspecified atom stereocenters. The van der Waals surface area contributed by atoms with Crippen LogP contribution >= 0.6 is 0 Å². The van der Waals surface area contributed by atoms with Gasteiger partial charge in [0, 0.05) is 24.9 Å². The second kappa shape index (κ2) is 6.20. The highest BCUT2D eigenvalue weighted by Gasteiger charge is 2.33. The maximum Gasteiger partial charge on any atom is 0.243 e. The second-order valence-corrected chi connectivity index (χ2v) is 5.80. The Balaban J connectivity index is 1.89. The summed E-state index contributed by atoms with van der Waals surface area (Å²) in [4.78, 5) is 16.0. The summed E-state index contributed by atoms with van der Waals surface area (Å²) in [6.45, 7) is 5.77. The summed E-state index contributed by atoms with van der Waals surface area (Å²) in [6.07, 6.45) is 2.81. The van der Waals surface area contributed by atoms with E-state index in [1.54, 1.807) is 12.4 Å². The van der Waals surface area contributed by atoms with Crippen molar-refractivity contribution in [1.82, 2.24) is 9.99 Å². The van der Waals surface area contributed by atoms with Crippen LogP contribution < -0.4 is 0 Å². The zero-order chi connectivity index (χ0) is 16.4. The summed E-state index contributed by atoms with van der Waals surface area (Å²) in [5.41, 5.74) is 2.89. The van der Waals surface area contributed by atoms with E-state index in [0.717, 1.165) is 11.1 Å². The second-order valence-electron chi connectivity index (χ2n) is 5.80. The number of hydrazone groups is 1. The fraction of sp³-hybridized carbons (Fsp3) is 0.278. The molecule has 1 aromatic carbocycles. The molecule has 0 saturated carbocycles. The van der Waals surface area contributed by atoms with Crippen molar-refractivity contribution in [2.45, 2.75) is 32.9 Å². The lowest BCUT2D eigenvalue weighted by Gasteiger charge is -2.19. The van der Waals surface area contributed by atoms with E-state index in [1.807, 2.05) is 24.3 Å². The Labute approximate surface area is 135 Å². The first-order valence-electron chi connectivity index (χ1n) is 7.61. The van der Waals surface area contributed by atoms with Gasteiger partial charge in [-0.3, -0.25) is 9.78 Å². The van der Waals surface area contributed by atoms with E-state index in [1.165, 1.54) is 17.5 Å². The van der Waals surface area contributed by atoms with E-state index in [2.05, 4.69) is 36.1 Å². The van der Waals surface area contributed by atoms with Crippen LogP contribution in [-0.2, 0) is 9.53 Å². The highest BCUT2D eigenvalue weighted by Crippen LogP contribution is 2.30. The molecule has 5 nitrogen and oxygen atoms in total. The van der Waals surface area contributed by atoms with Gasteiger partial charge in [0.1, 0.15) is 0 Å². The van der Waals surface area contributed by atoms with Crippen LogP contribution in [0.4, 0.5) is 0 Å². The number of benzene rings is 1. The van der Waals surface area contributed by atoms with Crippen LogP contribution in [0.3, 0.4) is 0 Å². The van der Waals surface area contributed by atoms with Gasteiger partial charge in [-0.1, -0.05) is 38.1 Å². The van der Waals surface area contributed by atoms with Gasteiger partial charge < -0.3 is 4.74 Å². The molecule has 0 spiro atoms. The van der Waals surface area contributed by atoms with Gasteiger partial charge in [-0.05, 0) is 23.6 Å². The van der Waals surface area contributed by atoms with E-state index in [4.69, 9.17) is 4.74 Å². The van der Waals surface area contributed by atoms with Crippen LogP contribution in [0.15, 0.2) is 53.9 Å². The minimum atomic E-state index is -0.538. The SMILES string of the molecule is CC(=O)N1N=C(c2cccnc2)O[C@H]1c1ccc(C(C)C)cc1. The van der Waals surface area contributed by atoms with Crippen LogP contribution in [0.5, 0.6) is 0 Å². The molecular weight excluding hydrogens is 290 g/mol. The Morgan fingerprint density at radius 1 is 1.22 bits per heavy atom. The predicted molar refractivity (Wildman–Crippen MR) is 87.7 cm³/mol. The van der Waals surface area contributed by atoms with Crippen LogP contribution in [0.25, 0.3) is 0 Å². The van der Waals surface area contributed by atoms with Crippen molar-refractivity contribution >= 4 is 11.8 Å². The number of pyridine rings is 1. The molecule has 2 heterocycles. The molecule has 0 fully saturated rings. The molecule has 0 radical (unpaired) electrons. The first kappa shape index (κ1) is 15.2. The Hall–Kier alpha value is -2.69. The van der Waals surface area contributed by atoms with Crippen LogP contribution in [0.2, 0.25) is 0 Å². The van der Waals surface area contributed by atoms with Crippen molar-refractivity contribution < 1.29 is 9.53 Å². The number of amides is 1. The minimum Gasteiger partial charge on any atom is -0.446 e. The molecule has 1 aliphatic heterocycles. The van der Waals surface area contributed by atoms with Gasteiger partial charge >= 0.3 is 0 Å². The number of rotatable bonds is 3. The van der Waals surface area contributed by atoms with Gasteiger partial charge in [0.25, 0.3) is 0 Å². The summed E-state index contributed by atoms with van der Waals surface area (Å²) in [5, 5.41) is 5.68. The summed E-state index contributed by atoms with van der Waals surface area (Å²) in [7, 11) is 0. The highest BCUT2D eigenvalue weighted by atomic mass is 16.5. The van der Waals surface area contributed by atoms with E-state index in [-0.39, 0.29) is 5.91 Å². The van der Waals surface area contributed by atoms with Gasteiger partial charge in [-0.2, -0.15) is 5.01 Å². The molecule has 0 N–H and O–H groups in total. The van der Waals surface area contributed by atoms with Crippen molar-refractivity contribution in [2.24, 2.45) is 5.10 Å². The summed E-state index contributed by atoms with van der Waals surface area (Å²) >= 11 is 0. The fourth-order valence-corrected chi connectivity index (χ4v) is 2.43. The van der Waals surface area contributed by atoms with Crippen molar-refractivity contribution in [1.29, 1.82) is 0 Å². The number of ether oxygens (including phenoxy) is 1. The molecule has 5 heteroatoms. The standard InChI is InChI=1S/C18H19N3O2/c1-12(2)14-6-8-15(9-7-14)18-21(13(3)22)20-17(23-18)16-5-4-10-19-11-16/h4-12,18H,1-3H3/t18-/m0/s1. The lowest BCUT2D eigenvalue weighted by molar-refractivity contribution is -0.135. The Kier molecular flexibility index (Phi) is 4.10. The van der Waals surface area contributed by atoms with Crippen LogP contribution in [0.1, 0.15) is 49.6 Å². The molecule has 0 aliphatic carbocycles. The van der Waals surface area contributed by atoms with E-state index >= 15 is 0 Å². The molecule has 1 aromatic heterocycles. The number of aromatic nitrogens is 1. The van der Waals surface area contributed by atoms with Crippen molar-refractivity contribution in [3.05, 3.63) is 65.5 Å². The summed E-state index contributed by atoms with van der Waals surface area (Å²) in [6, 6.07) is 11.8. The van der Waals surface area contributed by atoms with Gasteiger partial charge in [0.05, 0.1) is 5.56 Å². The average molecular weight is 309 g/mol. The normalized spacial score (nSPS) is 17.1. The van der Waals surface area contributed by atoms with E-state index in [0.29, 0.717) is 11.8 Å². The first-order valence-corrected chi connectivity index (χ1v) is 7.61. The van der Waals surface area contributed by atoms with Crippen LogP contribution in [0, 0.1) is 0 Å². The minimum absolute atomic E-state index is 0.165. The molecule has 1 atom stereocenters. The lowest BCUT2D eigenvalue weighted by atomic mass is 10.0. The zero-order valence-corrected chi connectivity index (χ0v) is 13.4. The quantitative estimate of drug-likeness (QED) is 0.872. The fourth-order valence-electron chi connectivity index (χ4n) is 2.43. The summed E-state index contributed by atoms with van der Waals surface area (Å²) < 4.78 is 5.92. The van der Waals surface area contributed by atoms with Crippen molar-refractivity contribution in [3.8, 4) is 0 Å². The molecule has 0 bridgehead atoms. The van der Waals surface area contributed by atoms with E-state index in [9.17, 15) is 4.79 Å². The Bertz CT molecular complexity index is 724. The monoisotopic (exact) mass is 309 g/mol. The Morgan fingerprint density at radius 2 is 1.96 bits per heavy atom. The van der Waals surface area contributed by atoms with Gasteiger partial charge in [-0.15, -0.1) is 5.10 Å². The lowest BCUT2D eigenvalue weighted by Crippen LogP contribution is -2.25. The zero-order valence-electron chi connectivity index (χ0n) is 13.4. The maximum atomic E-state index is 11.9. The maximum absolute atomic E-state index is 11.9. The van der Waals surface area contributed by atoms with Gasteiger partial charge in [0.15, 0.2) is 0 Å². The molecular formula is C18H19N3O2. The highest BCUT2D eigenvalue weighted by molar-refractivity contribution is 5.96. The number of nitrogens with zero attached hydrogens (tertiary/aromatic N) is 3. The molecule has 2 aromatic rings. The first-order chi connectivity index (χ1) is 11.1. The molecule has 23 heavy (non-hydrogen) atoms. The van der Waals surface area contributed by atoms with Gasteiger partial charge in [-0.25, -0.2) is 0 Å². The smallest absolute Gasteiger partial charge is 0.243 e. The number of carbonyl (C=O) groups is 1. The van der Waals surface area contributed by atoms with E-state index < -0.39 is 6.23 Å².